The summed E-state index contributed by atoms with van der Waals surface area (Å²) in [6.07, 6.45) is 0. The maximum absolute atomic E-state index is 12.9. The van der Waals surface area contributed by atoms with Gasteiger partial charge in [0.1, 0.15) is 17.0 Å². The molecule has 1 heterocycles. The molecule has 0 atom stereocenters. The van der Waals surface area contributed by atoms with E-state index >= 15 is 0 Å². The summed E-state index contributed by atoms with van der Waals surface area (Å²) in [5, 5.41) is 0. The molecule has 0 spiro atoms. The molecule has 0 aliphatic carbocycles. The molecule has 0 aliphatic heterocycles. The molecule has 2 nitrogen and oxygen atoms in total. The Bertz CT molecular complexity index is 536. The topological polar surface area (TPSA) is 22.1 Å². The summed E-state index contributed by atoms with van der Waals surface area (Å²) >= 11 is 5.36. The molecule has 2 aromatic rings. The maximum Gasteiger partial charge on any atom is 0.214 e. The minimum Gasteiger partial charge on any atom is -0.473 e. The summed E-state index contributed by atoms with van der Waals surface area (Å²) in [6.45, 7) is 0.377. The highest BCUT2D eigenvalue weighted by atomic mass is 127. The van der Waals surface area contributed by atoms with E-state index in [1.807, 2.05) is 12.1 Å². The SMILES string of the molecule is Fc1ccc(COc2cccc(Br)n2)c(I)c1. The second kappa shape index (κ2) is 5.77. The lowest BCUT2D eigenvalue weighted by Crippen LogP contribution is -1.99. The van der Waals surface area contributed by atoms with Crippen molar-refractivity contribution in [3.63, 3.8) is 0 Å². The van der Waals surface area contributed by atoms with Crippen molar-refractivity contribution in [1.82, 2.24) is 4.98 Å². The van der Waals surface area contributed by atoms with Crippen molar-refractivity contribution in [3.8, 4) is 5.88 Å². The average molecular weight is 408 g/mol. The van der Waals surface area contributed by atoms with Crippen LogP contribution in [0.1, 0.15) is 5.56 Å². The first kappa shape index (κ1) is 12.8. The zero-order valence-corrected chi connectivity index (χ0v) is 12.4. The molecule has 2 rings (SSSR count). The van der Waals surface area contributed by atoms with E-state index in [1.54, 1.807) is 12.1 Å². The van der Waals surface area contributed by atoms with Crippen molar-refractivity contribution >= 4 is 38.5 Å². The first-order valence-corrected chi connectivity index (χ1v) is 6.71. The van der Waals surface area contributed by atoms with Crippen LogP contribution in [-0.2, 0) is 6.61 Å². The van der Waals surface area contributed by atoms with Gasteiger partial charge in [-0.1, -0.05) is 12.1 Å². The molecule has 1 aromatic carbocycles. The number of halogens is 3. The molecule has 0 amide bonds. The number of aromatic nitrogens is 1. The van der Waals surface area contributed by atoms with Crippen LogP contribution in [0.5, 0.6) is 5.88 Å². The van der Waals surface area contributed by atoms with Crippen molar-refractivity contribution < 1.29 is 9.13 Å². The molecule has 0 unspecified atom stereocenters. The normalized spacial score (nSPS) is 10.3. The first-order valence-electron chi connectivity index (χ1n) is 4.84. The van der Waals surface area contributed by atoms with Gasteiger partial charge >= 0.3 is 0 Å². The van der Waals surface area contributed by atoms with Crippen LogP contribution in [0.15, 0.2) is 41.0 Å². The Hall–Kier alpha value is -0.690. The number of rotatable bonds is 3. The van der Waals surface area contributed by atoms with E-state index in [0.717, 1.165) is 13.7 Å². The van der Waals surface area contributed by atoms with Gasteiger partial charge in [-0.2, -0.15) is 0 Å². The monoisotopic (exact) mass is 407 g/mol. The molecular formula is C12H8BrFINO. The van der Waals surface area contributed by atoms with Crippen molar-refractivity contribution in [1.29, 1.82) is 0 Å². The highest BCUT2D eigenvalue weighted by Crippen LogP contribution is 2.17. The van der Waals surface area contributed by atoms with Crippen molar-refractivity contribution in [2.45, 2.75) is 6.61 Å². The minimum atomic E-state index is -0.237. The predicted octanol–water partition coefficient (Wildman–Crippen LogP) is 4.17. The zero-order chi connectivity index (χ0) is 12.3. The molecule has 17 heavy (non-hydrogen) atoms. The summed E-state index contributed by atoms with van der Waals surface area (Å²) in [6, 6.07) is 10.1. The van der Waals surface area contributed by atoms with Crippen LogP contribution in [0, 0.1) is 9.39 Å². The van der Waals surface area contributed by atoms with Gasteiger partial charge in [-0.25, -0.2) is 9.37 Å². The summed E-state index contributed by atoms with van der Waals surface area (Å²) in [7, 11) is 0. The fraction of sp³-hybridized carbons (Fsp3) is 0.0833. The summed E-state index contributed by atoms with van der Waals surface area (Å²) in [5.41, 5.74) is 0.939. The smallest absolute Gasteiger partial charge is 0.214 e. The van der Waals surface area contributed by atoms with E-state index < -0.39 is 0 Å². The fourth-order valence-electron chi connectivity index (χ4n) is 1.26. The zero-order valence-electron chi connectivity index (χ0n) is 8.66. The van der Waals surface area contributed by atoms with Gasteiger partial charge in [0.2, 0.25) is 5.88 Å². The number of hydrogen-bond donors (Lipinski definition) is 0. The van der Waals surface area contributed by atoms with Gasteiger partial charge in [-0.3, -0.25) is 0 Å². The lowest BCUT2D eigenvalue weighted by atomic mass is 10.2. The summed E-state index contributed by atoms with van der Waals surface area (Å²) in [5.74, 6) is 0.304. The second-order valence-electron chi connectivity index (χ2n) is 3.32. The van der Waals surface area contributed by atoms with Crippen molar-refractivity contribution in [3.05, 3.63) is 56.0 Å². The van der Waals surface area contributed by atoms with Crippen LogP contribution in [-0.4, -0.2) is 4.98 Å². The molecule has 1 aromatic heterocycles. The third-order valence-electron chi connectivity index (χ3n) is 2.08. The number of ether oxygens (including phenoxy) is 1. The Labute approximate surface area is 120 Å². The predicted molar refractivity (Wildman–Crippen MR) is 75.4 cm³/mol. The van der Waals surface area contributed by atoms with Crippen LogP contribution in [0.3, 0.4) is 0 Å². The van der Waals surface area contributed by atoms with Crippen LogP contribution in [0.2, 0.25) is 0 Å². The van der Waals surface area contributed by atoms with Gasteiger partial charge in [0.25, 0.3) is 0 Å². The molecule has 0 bridgehead atoms. The number of hydrogen-bond acceptors (Lipinski definition) is 2. The van der Waals surface area contributed by atoms with Gasteiger partial charge in [0.05, 0.1) is 0 Å². The van der Waals surface area contributed by atoms with Gasteiger partial charge in [-0.05, 0) is 56.7 Å². The first-order chi connectivity index (χ1) is 8.15. The molecule has 0 fully saturated rings. The van der Waals surface area contributed by atoms with E-state index in [-0.39, 0.29) is 5.82 Å². The average Bonchev–Trinajstić information content (AvgIpc) is 2.28. The third kappa shape index (κ3) is 3.64. The Morgan fingerprint density at radius 1 is 1.29 bits per heavy atom. The Kier molecular flexibility index (Phi) is 4.33. The maximum atomic E-state index is 12.9. The van der Waals surface area contributed by atoms with Crippen LogP contribution < -0.4 is 4.74 Å². The number of pyridine rings is 1. The van der Waals surface area contributed by atoms with E-state index in [2.05, 4.69) is 43.5 Å². The molecule has 5 heteroatoms. The molecular weight excluding hydrogens is 400 g/mol. The number of benzene rings is 1. The minimum absolute atomic E-state index is 0.237. The van der Waals surface area contributed by atoms with E-state index in [0.29, 0.717) is 12.5 Å². The van der Waals surface area contributed by atoms with Gasteiger partial charge in [-0.15, -0.1) is 0 Å². The van der Waals surface area contributed by atoms with Gasteiger partial charge in [0.15, 0.2) is 0 Å². The van der Waals surface area contributed by atoms with Crippen molar-refractivity contribution in [2.24, 2.45) is 0 Å². The molecule has 88 valence electrons. The fourth-order valence-corrected chi connectivity index (χ4v) is 2.22. The van der Waals surface area contributed by atoms with Gasteiger partial charge < -0.3 is 4.74 Å². The highest BCUT2D eigenvalue weighted by molar-refractivity contribution is 14.1. The molecule has 0 aliphatic rings. The molecule has 0 saturated heterocycles. The van der Waals surface area contributed by atoms with E-state index in [1.165, 1.54) is 12.1 Å². The molecule has 0 N–H and O–H groups in total. The summed E-state index contributed by atoms with van der Waals surface area (Å²) in [4.78, 5) is 4.15. The quantitative estimate of drug-likeness (QED) is 0.562. The molecule has 0 saturated carbocycles. The van der Waals surface area contributed by atoms with Crippen LogP contribution in [0.25, 0.3) is 0 Å². The lowest BCUT2D eigenvalue weighted by Gasteiger charge is -2.07. The summed E-state index contributed by atoms with van der Waals surface area (Å²) < 4.78 is 20.0. The van der Waals surface area contributed by atoms with E-state index in [9.17, 15) is 4.39 Å². The highest BCUT2D eigenvalue weighted by Gasteiger charge is 2.03. The van der Waals surface area contributed by atoms with Crippen LogP contribution >= 0.6 is 38.5 Å². The van der Waals surface area contributed by atoms with Gasteiger partial charge in [0, 0.05) is 15.2 Å². The lowest BCUT2D eigenvalue weighted by molar-refractivity contribution is 0.292. The third-order valence-corrected chi connectivity index (χ3v) is 3.53. The second-order valence-corrected chi connectivity index (χ2v) is 5.30. The standard InChI is InChI=1S/C12H8BrFINO/c13-11-2-1-3-12(16-11)17-7-8-4-5-9(14)6-10(8)15/h1-6H,7H2. The van der Waals surface area contributed by atoms with E-state index in [4.69, 9.17) is 4.74 Å². The Morgan fingerprint density at radius 2 is 2.12 bits per heavy atom. The number of nitrogens with zero attached hydrogens (tertiary/aromatic N) is 1. The van der Waals surface area contributed by atoms with Crippen molar-refractivity contribution in [2.75, 3.05) is 0 Å². The Morgan fingerprint density at radius 3 is 2.82 bits per heavy atom. The van der Waals surface area contributed by atoms with Crippen LogP contribution in [0.4, 0.5) is 4.39 Å². The Balaban J connectivity index is 2.07. The molecule has 0 radical (unpaired) electrons. The largest absolute Gasteiger partial charge is 0.473 e.